The van der Waals surface area contributed by atoms with Gasteiger partial charge in [-0.1, -0.05) is 42.9 Å². The Balaban J connectivity index is 0.00000117. The predicted molar refractivity (Wildman–Crippen MR) is 121 cm³/mol. The number of rotatable bonds is 4. The van der Waals surface area contributed by atoms with Crippen LogP contribution in [0.2, 0.25) is 0 Å². The van der Waals surface area contributed by atoms with Crippen molar-refractivity contribution in [3.63, 3.8) is 0 Å². The van der Waals surface area contributed by atoms with Crippen LogP contribution in [0, 0.1) is 0 Å². The summed E-state index contributed by atoms with van der Waals surface area (Å²) in [6, 6.07) is 7.48. The molecule has 0 radical (unpaired) electrons. The van der Waals surface area contributed by atoms with E-state index in [0.717, 1.165) is 35.5 Å². The molecule has 0 saturated heterocycles. The summed E-state index contributed by atoms with van der Waals surface area (Å²) in [5, 5.41) is 4.49. The van der Waals surface area contributed by atoms with E-state index in [0.29, 0.717) is 20.5 Å². The number of hydrogen-bond donors (Lipinski definition) is 1. The molecule has 3 aromatic rings. The third-order valence-electron chi connectivity index (χ3n) is 4.34. The quantitative estimate of drug-likeness (QED) is 0.568. The summed E-state index contributed by atoms with van der Waals surface area (Å²) < 4.78 is 7.17. The lowest BCUT2D eigenvalue weighted by molar-refractivity contribution is 0.415. The molecule has 2 aromatic heterocycles. The average molecular weight is 431 g/mol. The minimum Gasteiger partial charge on any atom is -0.497 e. The SMILES string of the molecule is CC.COc1ccc(Nc2nc3ncn(C4=C(Cl)CCC=C4C)c(=O)c3s2)cc1. The van der Waals surface area contributed by atoms with Crippen LogP contribution in [0.3, 0.4) is 0 Å². The van der Waals surface area contributed by atoms with Crippen molar-refractivity contribution in [2.24, 2.45) is 0 Å². The average Bonchev–Trinajstić information content (AvgIpc) is 3.15. The lowest BCUT2D eigenvalue weighted by Gasteiger charge is -2.17. The second-order valence-corrected chi connectivity index (χ2v) is 7.58. The van der Waals surface area contributed by atoms with E-state index >= 15 is 0 Å². The van der Waals surface area contributed by atoms with Gasteiger partial charge in [-0.3, -0.25) is 9.36 Å². The Labute approximate surface area is 178 Å². The van der Waals surface area contributed by atoms with Gasteiger partial charge >= 0.3 is 0 Å². The Hall–Kier alpha value is -2.64. The van der Waals surface area contributed by atoms with Crippen molar-refractivity contribution in [1.82, 2.24) is 14.5 Å². The molecule has 8 heteroatoms. The van der Waals surface area contributed by atoms with Crippen LogP contribution < -0.4 is 15.6 Å². The van der Waals surface area contributed by atoms with E-state index in [1.165, 1.54) is 22.2 Å². The van der Waals surface area contributed by atoms with Crippen LogP contribution in [0.15, 0.2) is 52.1 Å². The number of ether oxygens (including phenoxy) is 1. The molecule has 29 heavy (non-hydrogen) atoms. The number of fused-ring (bicyclic) bond motifs is 1. The van der Waals surface area contributed by atoms with Crippen LogP contribution in [0.25, 0.3) is 16.0 Å². The standard InChI is InChI=1S/C19H17ClN4O2S.C2H6/c1-11-4-3-5-14(20)15(11)24-10-21-17-16(18(24)25)27-19(23-17)22-12-6-8-13(26-2)9-7-12;1-2/h4,6-10H,3,5H2,1-2H3,(H,22,23);1-2H3. The second-order valence-electron chi connectivity index (χ2n) is 6.12. The second kappa shape index (κ2) is 9.24. The Morgan fingerprint density at radius 1 is 1.24 bits per heavy atom. The molecule has 0 unspecified atom stereocenters. The molecule has 0 atom stereocenters. The number of hydrogen-bond acceptors (Lipinski definition) is 6. The zero-order valence-corrected chi connectivity index (χ0v) is 18.4. The van der Waals surface area contributed by atoms with Gasteiger partial charge in [0.25, 0.3) is 5.56 Å². The first-order chi connectivity index (χ1) is 14.1. The molecule has 0 bridgehead atoms. The number of halogens is 1. The van der Waals surface area contributed by atoms with E-state index in [4.69, 9.17) is 16.3 Å². The van der Waals surface area contributed by atoms with Crippen LogP contribution >= 0.6 is 22.9 Å². The first-order valence-corrected chi connectivity index (χ1v) is 10.6. The highest BCUT2D eigenvalue weighted by molar-refractivity contribution is 7.22. The van der Waals surface area contributed by atoms with Crippen molar-refractivity contribution in [3.8, 4) is 5.75 Å². The Morgan fingerprint density at radius 3 is 2.62 bits per heavy atom. The van der Waals surface area contributed by atoms with Gasteiger partial charge in [0.05, 0.1) is 12.8 Å². The lowest BCUT2D eigenvalue weighted by atomic mass is 10.0. The highest BCUT2D eigenvalue weighted by Gasteiger charge is 2.18. The molecule has 6 nitrogen and oxygen atoms in total. The number of nitrogens with one attached hydrogen (secondary N) is 1. The van der Waals surface area contributed by atoms with Crippen LogP contribution in [0.1, 0.15) is 33.6 Å². The molecule has 0 spiro atoms. The number of allylic oxidation sites excluding steroid dienone is 4. The normalized spacial score (nSPS) is 13.6. The molecule has 2 heterocycles. The first kappa shape index (κ1) is 21.1. The third-order valence-corrected chi connectivity index (χ3v) is 5.66. The first-order valence-electron chi connectivity index (χ1n) is 9.42. The van der Waals surface area contributed by atoms with Gasteiger partial charge < -0.3 is 10.1 Å². The highest BCUT2D eigenvalue weighted by atomic mass is 35.5. The summed E-state index contributed by atoms with van der Waals surface area (Å²) >= 11 is 7.66. The zero-order chi connectivity index (χ0) is 21.0. The monoisotopic (exact) mass is 430 g/mol. The van der Waals surface area contributed by atoms with Crippen LogP contribution in [0.5, 0.6) is 5.75 Å². The fourth-order valence-electron chi connectivity index (χ4n) is 2.99. The van der Waals surface area contributed by atoms with Crippen molar-refractivity contribution >= 4 is 49.8 Å². The van der Waals surface area contributed by atoms with E-state index in [1.54, 1.807) is 7.11 Å². The van der Waals surface area contributed by atoms with Crippen molar-refractivity contribution in [1.29, 1.82) is 0 Å². The summed E-state index contributed by atoms with van der Waals surface area (Å²) in [6.07, 6.45) is 5.20. The number of benzene rings is 1. The van der Waals surface area contributed by atoms with Gasteiger partial charge in [0.2, 0.25) is 0 Å². The lowest BCUT2D eigenvalue weighted by Crippen LogP contribution is -2.21. The minimum absolute atomic E-state index is 0.164. The van der Waals surface area contributed by atoms with Crippen LogP contribution in [-0.2, 0) is 0 Å². The van der Waals surface area contributed by atoms with Gasteiger partial charge in [-0.15, -0.1) is 0 Å². The number of nitrogens with zero attached hydrogens (tertiary/aromatic N) is 3. The van der Waals surface area contributed by atoms with Crippen LogP contribution in [0.4, 0.5) is 10.8 Å². The molecular formula is C21H23ClN4O2S. The van der Waals surface area contributed by atoms with Gasteiger partial charge in [-0.25, -0.2) is 4.98 Å². The van der Waals surface area contributed by atoms with Crippen LogP contribution in [-0.4, -0.2) is 21.6 Å². The molecular weight excluding hydrogens is 408 g/mol. The van der Waals surface area contributed by atoms with Gasteiger partial charge in [0.1, 0.15) is 16.8 Å². The number of thiazole rings is 1. The Morgan fingerprint density at radius 2 is 1.97 bits per heavy atom. The maximum absolute atomic E-state index is 13.0. The van der Waals surface area contributed by atoms with E-state index in [1.807, 2.05) is 45.0 Å². The Kier molecular flexibility index (Phi) is 6.71. The smallest absolute Gasteiger partial charge is 0.277 e. The summed E-state index contributed by atoms with van der Waals surface area (Å²) in [7, 11) is 1.62. The minimum atomic E-state index is -0.164. The molecule has 0 saturated carbocycles. The van der Waals surface area contributed by atoms with E-state index in [-0.39, 0.29) is 5.56 Å². The van der Waals surface area contributed by atoms with Crippen molar-refractivity contribution in [2.75, 3.05) is 12.4 Å². The van der Waals surface area contributed by atoms with Gasteiger partial charge in [-0.05, 0) is 49.6 Å². The zero-order valence-electron chi connectivity index (χ0n) is 16.8. The molecule has 1 aromatic carbocycles. The number of anilines is 2. The highest BCUT2D eigenvalue weighted by Crippen LogP contribution is 2.31. The molecule has 4 rings (SSSR count). The summed E-state index contributed by atoms with van der Waals surface area (Å²) in [5.41, 5.74) is 2.82. The molecule has 1 aliphatic rings. The Bertz CT molecular complexity index is 1130. The summed E-state index contributed by atoms with van der Waals surface area (Å²) in [4.78, 5) is 21.8. The maximum atomic E-state index is 13.0. The topological polar surface area (TPSA) is 69.0 Å². The van der Waals surface area contributed by atoms with E-state index in [9.17, 15) is 4.79 Å². The largest absolute Gasteiger partial charge is 0.497 e. The summed E-state index contributed by atoms with van der Waals surface area (Å²) in [6.45, 7) is 5.96. The van der Waals surface area contributed by atoms with Crippen molar-refractivity contribution in [3.05, 3.63) is 57.6 Å². The predicted octanol–water partition coefficient (Wildman–Crippen LogP) is 5.78. The van der Waals surface area contributed by atoms with E-state index < -0.39 is 0 Å². The third kappa shape index (κ3) is 4.36. The van der Waals surface area contributed by atoms with Crippen molar-refractivity contribution < 1.29 is 4.74 Å². The molecule has 1 N–H and O–H groups in total. The maximum Gasteiger partial charge on any atom is 0.277 e. The fraction of sp³-hybridized carbons (Fsp3) is 0.286. The molecule has 0 amide bonds. The molecule has 0 fully saturated rings. The fourth-order valence-corrected chi connectivity index (χ4v) is 4.21. The van der Waals surface area contributed by atoms with E-state index in [2.05, 4.69) is 21.4 Å². The number of methoxy groups -OCH3 is 1. The van der Waals surface area contributed by atoms with Gasteiger partial charge in [-0.2, -0.15) is 4.98 Å². The van der Waals surface area contributed by atoms with Gasteiger partial charge in [0.15, 0.2) is 10.8 Å². The molecule has 1 aliphatic carbocycles. The number of aromatic nitrogens is 3. The molecule has 0 aliphatic heterocycles. The molecule has 152 valence electrons. The van der Waals surface area contributed by atoms with Crippen molar-refractivity contribution in [2.45, 2.75) is 33.6 Å². The summed E-state index contributed by atoms with van der Waals surface area (Å²) in [5.74, 6) is 0.774. The van der Waals surface area contributed by atoms with Gasteiger partial charge in [0, 0.05) is 10.7 Å².